The molecule has 0 aromatic carbocycles. The van der Waals surface area contributed by atoms with Crippen molar-refractivity contribution < 1.29 is 0 Å². The Labute approximate surface area is 120 Å². The number of likely N-dealkylation sites (tertiary alicyclic amines) is 1. The molecule has 0 spiro atoms. The van der Waals surface area contributed by atoms with E-state index in [2.05, 4.69) is 41.1 Å². The second kappa shape index (κ2) is 5.75. The van der Waals surface area contributed by atoms with Crippen LogP contribution in [0.4, 0.5) is 0 Å². The molecule has 0 bridgehead atoms. The molecule has 0 aliphatic carbocycles. The quantitative estimate of drug-likeness (QED) is 0.856. The minimum atomic E-state index is 0.784. The molecule has 1 unspecified atom stereocenters. The molecule has 1 aliphatic rings. The van der Waals surface area contributed by atoms with Crippen LogP contribution in [0, 0.1) is 5.92 Å². The first kappa shape index (κ1) is 13.3. The third-order valence-corrected chi connectivity index (χ3v) is 4.12. The Morgan fingerprint density at radius 3 is 2.95 bits per heavy atom. The van der Waals surface area contributed by atoms with Gasteiger partial charge in [0.15, 0.2) is 0 Å². The van der Waals surface area contributed by atoms with Gasteiger partial charge in [-0.15, -0.1) is 0 Å². The van der Waals surface area contributed by atoms with Crippen LogP contribution in [0.3, 0.4) is 0 Å². The first-order chi connectivity index (χ1) is 9.76. The maximum atomic E-state index is 4.51. The van der Waals surface area contributed by atoms with Crippen LogP contribution >= 0.6 is 0 Å². The number of hydrogen-bond donors (Lipinski definition) is 0. The molecule has 1 fully saturated rings. The first-order valence-electron chi connectivity index (χ1n) is 7.42. The molecule has 0 saturated carbocycles. The monoisotopic (exact) mass is 270 g/mol. The maximum Gasteiger partial charge on any atom is 0.0885 e. The third kappa shape index (κ3) is 2.75. The van der Waals surface area contributed by atoms with Crippen molar-refractivity contribution >= 4 is 0 Å². The van der Waals surface area contributed by atoms with Crippen molar-refractivity contribution in [3.63, 3.8) is 0 Å². The number of pyridine rings is 1. The summed E-state index contributed by atoms with van der Waals surface area (Å²) in [4.78, 5) is 6.92. The Morgan fingerprint density at radius 2 is 2.20 bits per heavy atom. The third-order valence-electron chi connectivity index (χ3n) is 4.12. The largest absolute Gasteiger partial charge is 0.306 e. The molecule has 4 heteroatoms. The van der Waals surface area contributed by atoms with Gasteiger partial charge < -0.3 is 4.90 Å². The molecule has 2 aromatic heterocycles. The molecule has 3 rings (SSSR count). The van der Waals surface area contributed by atoms with Crippen LogP contribution in [0.15, 0.2) is 30.6 Å². The number of rotatable bonds is 4. The van der Waals surface area contributed by atoms with E-state index in [0.717, 1.165) is 30.3 Å². The Bertz CT molecular complexity index is 575. The van der Waals surface area contributed by atoms with Crippen LogP contribution in [0.25, 0.3) is 11.4 Å². The van der Waals surface area contributed by atoms with Gasteiger partial charge in [0.2, 0.25) is 0 Å². The van der Waals surface area contributed by atoms with Gasteiger partial charge in [-0.05, 0) is 63.0 Å². The zero-order valence-corrected chi connectivity index (χ0v) is 12.3. The van der Waals surface area contributed by atoms with Crippen LogP contribution in [0.2, 0.25) is 0 Å². The molecule has 1 aliphatic heterocycles. The van der Waals surface area contributed by atoms with E-state index < -0.39 is 0 Å². The predicted octanol–water partition coefficient (Wildman–Crippen LogP) is 2.46. The van der Waals surface area contributed by atoms with E-state index in [1.807, 2.05) is 23.1 Å². The van der Waals surface area contributed by atoms with E-state index in [4.69, 9.17) is 0 Å². The average Bonchev–Trinajstić information content (AvgIpc) is 3.08. The summed E-state index contributed by atoms with van der Waals surface area (Å²) in [6, 6.07) is 6.41. The van der Waals surface area contributed by atoms with Crippen LogP contribution in [-0.2, 0) is 13.0 Å². The fraction of sp³-hybridized carbons (Fsp3) is 0.500. The summed E-state index contributed by atoms with van der Waals surface area (Å²) in [6.45, 7) is 5.42. The number of aryl methyl sites for hydroxylation is 1. The number of nitrogens with zero attached hydrogens (tertiary/aromatic N) is 4. The molecule has 4 nitrogen and oxygen atoms in total. The highest BCUT2D eigenvalue weighted by Crippen LogP contribution is 2.22. The van der Waals surface area contributed by atoms with E-state index in [-0.39, 0.29) is 0 Å². The Hall–Kier alpha value is -1.68. The summed E-state index contributed by atoms with van der Waals surface area (Å²) < 4.78 is 2.00. The zero-order valence-electron chi connectivity index (χ0n) is 12.3. The van der Waals surface area contributed by atoms with Crippen molar-refractivity contribution in [2.24, 2.45) is 5.92 Å². The van der Waals surface area contributed by atoms with Gasteiger partial charge in [0.05, 0.1) is 11.4 Å². The van der Waals surface area contributed by atoms with Crippen LogP contribution in [0.1, 0.15) is 18.9 Å². The lowest BCUT2D eigenvalue weighted by Gasteiger charge is -2.11. The van der Waals surface area contributed by atoms with Crippen molar-refractivity contribution in [2.45, 2.75) is 26.3 Å². The molecular formula is C16H22N4. The highest BCUT2D eigenvalue weighted by Gasteiger charge is 2.19. The molecule has 1 saturated heterocycles. The molecule has 3 heterocycles. The second-order valence-electron chi connectivity index (χ2n) is 5.70. The minimum Gasteiger partial charge on any atom is -0.306 e. The molecule has 20 heavy (non-hydrogen) atoms. The van der Waals surface area contributed by atoms with Gasteiger partial charge in [-0.1, -0.05) is 0 Å². The smallest absolute Gasteiger partial charge is 0.0885 e. The molecule has 0 amide bonds. The first-order valence-corrected chi connectivity index (χ1v) is 7.42. The molecule has 0 radical (unpaired) electrons. The van der Waals surface area contributed by atoms with Crippen molar-refractivity contribution in [1.82, 2.24) is 19.7 Å². The Kier molecular flexibility index (Phi) is 3.83. The summed E-state index contributed by atoms with van der Waals surface area (Å²) in [5.74, 6) is 0.784. The highest BCUT2D eigenvalue weighted by atomic mass is 15.3. The molecule has 0 N–H and O–H groups in total. The minimum absolute atomic E-state index is 0.784. The second-order valence-corrected chi connectivity index (χ2v) is 5.70. The van der Waals surface area contributed by atoms with Gasteiger partial charge >= 0.3 is 0 Å². The van der Waals surface area contributed by atoms with Crippen LogP contribution in [-0.4, -0.2) is 39.8 Å². The number of hydrogen-bond acceptors (Lipinski definition) is 3. The van der Waals surface area contributed by atoms with E-state index in [9.17, 15) is 0 Å². The summed E-state index contributed by atoms with van der Waals surface area (Å²) in [6.07, 6.45) is 6.23. The SMILES string of the molecule is CCn1nccc1-c1cc(CC2CCN(C)C2)ccn1. The van der Waals surface area contributed by atoms with Gasteiger partial charge in [0, 0.05) is 25.5 Å². The van der Waals surface area contributed by atoms with Crippen molar-refractivity contribution in [3.05, 3.63) is 36.2 Å². The summed E-state index contributed by atoms with van der Waals surface area (Å²) >= 11 is 0. The fourth-order valence-corrected chi connectivity index (χ4v) is 3.07. The fourth-order valence-electron chi connectivity index (χ4n) is 3.07. The summed E-state index contributed by atoms with van der Waals surface area (Å²) in [5.41, 5.74) is 3.53. The Morgan fingerprint density at radius 1 is 1.30 bits per heavy atom. The van der Waals surface area contributed by atoms with Crippen molar-refractivity contribution in [1.29, 1.82) is 0 Å². The molecule has 2 aromatic rings. The van der Waals surface area contributed by atoms with Crippen LogP contribution in [0.5, 0.6) is 0 Å². The van der Waals surface area contributed by atoms with E-state index >= 15 is 0 Å². The van der Waals surface area contributed by atoms with Gasteiger partial charge in [0.25, 0.3) is 0 Å². The lowest BCUT2D eigenvalue weighted by molar-refractivity contribution is 0.394. The van der Waals surface area contributed by atoms with Gasteiger partial charge in [-0.3, -0.25) is 9.67 Å². The lowest BCUT2D eigenvalue weighted by Crippen LogP contribution is -2.15. The predicted molar refractivity (Wildman–Crippen MR) is 80.4 cm³/mol. The van der Waals surface area contributed by atoms with Gasteiger partial charge in [-0.25, -0.2) is 0 Å². The Balaban J connectivity index is 1.79. The normalized spacial score (nSPS) is 19.6. The van der Waals surface area contributed by atoms with Crippen molar-refractivity contribution in [3.8, 4) is 11.4 Å². The van der Waals surface area contributed by atoms with Crippen molar-refractivity contribution in [2.75, 3.05) is 20.1 Å². The summed E-state index contributed by atoms with van der Waals surface area (Å²) in [5, 5.41) is 4.32. The molecule has 1 atom stereocenters. The molecule has 106 valence electrons. The number of aromatic nitrogens is 3. The van der Waals surface area contributed by atoms with E-state index in [1.165, 1.54) is 25.1 Å². The van der Waals surface area contributed by atoms with Gasteiger partial charge in [0.1, 0.15) is 0 Å². The van der Waals surface area contributed by atoms with Gasteiger partial charge in [-0.2, -0.15) is 5.10 Å². The average molecular weight is 270 g/mol. The standard InChI is InChI=1S/C16H22N4/c1-3-20-16(5-8-18-20)15-11-13(4-7-17-15)10-14-6-9-19(2)12-14/h4-5,7-8,11,14H,3,6,9-10,12H2,1-2H3. The van der Waals surface area contributed by atoms with E-state index in [0.29, 0.717) is 0 Å². The zero-order chi connectivity index (χ0) is 13.9. The molecular weight excluding hydrogens is 248 g/mol. The van der Waals surface area contributed by atoms with Crippen LogP contribution < -0.4 is 0 Å². The summed E-state index contributed by atoms with van der Waals surface area (Å²) in [7, 11) is 2.21. The maximum absolute atomic E-state index is 4.51. The van der Waals surface area contributed by atoms with E-state index in [1.54, 1.807) is 0 Å². The highest BCUT2D eigenvalue weighted by molar-refractivity contribution is 5.54. The topological polar surface area (TPSA) is 34.0 Å². The lowest BCUT2D eigenvalue weighted by atomic mass is 9.98.